The molecule has 2 aliphatic heterocycles. The minimum absolute atomic E-state index is 0.150. The highest BCUT2D eigenvalue weighted by Gasteiger charge is 2.20. The number of pyridine rings is 2. The van der Waals surface area contributed by atoms with E-state index < -0.39 is 0 Å². The maximum Gasteiger partial charge on any atom is 0.271 e. The molecule has 0 aliphatic carbocycles. The fraction of sp³-hybridized carbons (Fsp3) is 0.381. The van der Waals surface area contributed by atoms with Crippen molar-refractivity contribution in [3.8, 4) is 11.5 Å². The quantitative estimate of drug-likeness (QED) is 0.0604. The first kappa shape index (κ1) is 38.9. The normalized spacial score (nSPS) is 15.2. The third-order valence-electron chi connectivity index (χ3n) is 10.4. The van der Waals surface area contributed by atoms with Gasteiger partial charge < -0.3 is 19.3 Å². The van der Waals surface area contributed by atoms with Crippen LogP contribution in [0.25, 0.3) is 11.0 Å². The minimum Gasteiger partial charge on any atom is -0.493 e. The Morgan fingerprint density at radius 2 is 1.18 bits per heavy atom. The lowest BCUT2D eigenvalue weighted by Gasteiger charge is -2.36. The first-order valence-electron chi connectivity index (χ1n) is 19.5. The molecule has 0 saturated carbocycles. The van der Waals surface area contributed by atoms with Gasteiger partial charge in [-0.1, -0.05) is 29.8 Å². The van der Waals surface area contributed by atoms with Crippen LogP contribution >= 0.6 is 11.6 Å². The van der Waals surface area contributed by atoms with Crippen LogP contribution in [0.3, 0.4) is 0 Å². The zero-order valence-corrected chi connectivity index (χ0v) is 32.5. The lowest BCUT2D eigenvalue weighted by molar-refractivity contribution is -0.384. The van der Waals surface area contributed by atoms with E-state index >= 15 is 0 Å². The molecular formula is C42H50ClN9O4. The summed E-state index contributed by atoms with van der Waals surface area (Å²) >= 11 is 6.31. The molecule has 4 aromatic heterocycles. The summed E-state index contributed by atoms with van der Waals surface area (Å²) in [5, 5.41) is 20.2. The Bertz CT molecular complexity index is 2140. The fourth-order valence-electron chi connectivity index (χ4n) is 7.19. The van der Waals surface area contributed by atoms with E-state index in [-0.39, 0.29) is 10.6 Å². The molecule has 6 heterocycles. The molecule has 2 aromatic carbocycles. The van der Waals surface area contributed by atoms with Crippen LogP contribution in [0.4, 0.5) is 17.1 Å². The van der Waals surface area contributed by atoms with Gasteiger partial charge in [0, 0.05) is 107 Å². The van der Waals surface area contributed by atoms with E-state index in [9.17, 15) is 10.1 Å². The van der Waals surface area contributed by atoms with Crippen LogP contribution in [-0.2, 0) is 0 Å². The van der Waals surface area contributed by atoms with Gasteiger partial charge in [0.05, 0.1) is 39.9 Å². The summed E-state index contributed by atoms with van der Waals surface area (Å²) in [4.78, 5) is 20.2. The van der Waals surface area contributed by atoms with Gasteiger partial charge in [0.25, 0.3) is 5.69 Å². The molecule has 0 atom stereocenters. The van der Waals surface area contributed by atoms with Gasteiger partial charge in [0.1, 0.15) is 11.5 Å². The Hall–Kier alpha value is -5.37. The number of piperazine rings is 2. The molecule has 8 rings (SSSR count). The van der Waals surface area contributed by atoms with Crippen molar-refractivity contribution >= 4 is 39.7 Å². The predicted octanol–water partition coefficient (Wildman–Crippen LogP) is 7.19. The van der Waals surface area contributed by atoms with Crippen LogP contribution in [0.2, 0.25) is 5.02 Å². The number of rotatable bonds is 15. The van der Waals surface area contributed by atoms with Crippen molar-refractivity contribution in [3.63, 3.8) is 0 Å². The molecule has 294 valence electrons. The Labute approximate surface area is 332 Å². The first-order valence-corrected chi connectivity index (χ1v) is 19.9. The van der Waals surface area contributed by atoms with Crippen molar-refractivity contribution in [3.05, 3.63) is 125 Å². The molecule has 14 heteroatoms. The molecule has 0 radical (unpaired) electrons. The highest BCUT2D eigenvalue weighted by Crippen LogP contribution is 2.26. The summed E-state index contributed by atoms with van der Waals surface area (Å²) in [6.45, 7) is 11.6. The molecule has 56 heavy (non-hydrogen) atoms. The first-order chi connectivity index (χ1) is 27.5. The molecule has 0 amide bonds. The lowest BCUT2D eigenvalue weighted by atomic mass is 10.2. The van der Waals surface area contributed by atoms with Crippen molar-refractivity contribution < 1.29 is 14.4 Å². The number of fused-ring (bicyclic) bond motifs is 2. The maximum absolute atomic E-state index is 11.0. The number of anilines is 2. The number of aromatic nitrogens is 4. The van der Waals surface area contributed by atoms with E-state index in [4.69, 9.17) is 21.1 Å². The molecular weight excluding hydrogens is 730 g/mol. The van der Waals surface area contributed by atoms with Crippen LogP contribution in [0, 0.1) is 10.1 Å². The van der Waals surface area contributed by atoms with Gasteiger partial charge in [-0.25, -0.2) is 9.03 Å². The van der Waals surface area contributed by atoms with Crippen molar-refractivity contribution in [2.24, 2.45) is 0 Å². The number of para-hydroxylation sites is 1. The Morgan fingerprint density at radius 3 is 1.73 bits per heavy atom. The molecule has 0 bridgehead atoms. The number of nitro groups is 1. The second-order valence-electron chi connectivity index (χ2n) is 14.1. The number of non-ortho nitro benzene ring substituents is 1. The maximum atomic E-state index is 11.0. The largest absolute Gasteiger partial charge is 0.493 e. The van der Waals surface area contributed by atoms with E-state index in [1.807, 2.05) is 76.0 Å². The lowest BCUT2D eigenvalue weighted by Crippen LogP contribution is -2.46. The number of hydrogen-bond acceptors (Lipinski definition) is 10. The average Bonchev–Trinajstić information content (AvgIpc) is 3.91. The Kier molecular flexibility index (Phi) is 13.5. The van der Waals surface area contributed by atoms with E-state index in [1.165, 1.54) is 6.07 Å². The van der Waals surface area contributed by atoms with Crippen LogP contribution in [0.15, 0.2) is 110 Å². The van der Waals surface area contributed by atoms with E-state index in [0.717, 1.165) is 137 Å². The summed E-state index contributed by atoms with van der Waals surface area (Å²) in [5.74, 6) is 1.79. The van der Waals surface area contributed by atoms with Crippen molar-refractivity contribution in [1.82, 2.24) is 29.0 Å². The SMILES string of the molecule is Clc1ccccc1N1CCN(CCCCOc2ccn3nccc3c2)CC1.O=[N+]([O-])c1cccc(N2CCN(CCCCOc3ccn4nccc4c3)CC2)c1. The number of hydrogen-bond donors (Lipinski definition) is 0. The molecule has 2 saturated heterocycles. The topological polar surface area (TPSA) is 109 Å². The van der Waals surface area contributed by atoms with Crippen molar-refractivity contribution in [1.29, 1.82) is 0 Å². The number of ether oxygens (including phenoxy) is 2. The van der Waals surface area contributed by atoms with Gasteiger partial charge in [-0.15, -0.1) is 0 Å². The van der Waals surface area contributed by atoms with Gasteiger partial charge in [0.15, 0.2) is 0 Å². The third kappa shape index (κ3) is 10.7. The van der Waals surface area contributed by atoms with E-state index in [0.29, 0.717) is 6.61 Å². The molecule has 0 N–H and O–H groups in total. The second kappa shape index (κ2) is 19.5. The molecule has 2 aliphatic rings. The van der Waals surface area contributed by atoms with E-state index in [1.54, 1.807) is 24.5 Å². The number of nitrogens with zero attached hydrogens (tertiary/aromatic N) is 9. The third-order valence-corrected chi connectivity index (χ3v) is 10.7. The monoisotopic (exact) mass is 779 g/mol. The summed E-state index contributed by atoms with van der Waals surface area (Å²) in [7, 11) is 0. The summed E-state index contributed by atoms with van der Waals surface area (Å²) in [6.07, 6.45) is 11.7. The van der Waals surface area contributed by atoms with Crippen LogP contribution in [0.5, 0.6) is 11.5 Å². The van der Waals surface area contributed by atoms with Crippen molar-refractivity contribution in [2.45, 2.75) is 25.7 Å². The van der Waals surface area contributed by atoms with E-state index in [2.05, 4.69) is 41.9 Å². The summed E-state index contributed by atoms with van der Waals surface area (Å²) in [6, 6.07) is 26.9. The standard InChI is InChI=1S/C21H25ClN4O.C21H25N5O3/c22-20-5-1-2-6-21(20)25-14-12-24(13-15-25)10-3-4-16-27-19-8-11-26-18(17-19)7-9-23-26;27-26(28)20-5-3-4-18(16-20)24-13-11-23(12-14-24)9-1-2-15-29-21-7-10-25-19(17-21)6-8-22-25/h1-2,5-9,11,17H,3-4,10,12-16H2;3-8,10,16-17H,1-2,9,11-15H2. The van der Waals surface area contributed by atoms with Gasteiger partial charge >= 0.3 is 0 Å². The number of unbranched alkanes of at least 4 members (excludes halogenated alkanes) is 2. The van der Waals surface area contributed by atoms with Gasteiger partial charge in [-0.2, -0.15) is 10.2 Å². The van der Waals surface area contributed by atoms with Gasteiger partial charge in [0.2, 0.25) is 0 Å². The second-order valence-corrected chi connectivity index (χ2v) is 14.5. The summed E-state index contributed by atoms with van der Waals surface area (Å²) in [5.41, 5.74) is 4.33. The molecule has 13 nitrogen and oxygen atoms in total. The smallest absolute Gasteiger partial charge is 0.271 e. The number of nitro benzene ring substituents is 1. The zero-order valence-electron chi connectivity index (χ0n) is 31.7. The van der Waals surface area contributed by atoms with Gasteiger partial charge in [-0.05, 0) is 81.2 Å². The average molecular weight is 780 g/mol. The van der Waals surface area contributed by atoms with Gasteiger partial charge in [-0.3, -0.25) is 19.9 Å². The Morgan fingerprint density at radius 1 is 0.625 bits per heavy atom. The molecule has 2 fully saturated rings. The molecule has 0 unspecified atom stereocenters. The predicted molar refractivity (Wildman–Crippen MR) is 222 cm³/mol. The number of benzene rings is 2. The highest BCUT2D eigenvalue weighted by molar-refractivity contribution is 6.33. The molecule has 0 spiro atoms. The fourth-order valence-corrected chi connectivity index (χ4v) is 7.45. The van der Waals surface area contributed by atoms with Crippen LogP contribution < -0.4 is 19.3 Å². The zero-order chi connectivity index (χ0) is 38.5. The summed E-state index contributed by atoms with van der Waals surface area (Å²) < 4.78 is 15.4. The minimum atomic E-state index is -0.338. The highest BCUT2D eigenvalue weighted by atomic mass is 35.5. The van der Waals surface area contributed by atoms with Crippen LogP contribution in [-0.4, -0.2) is 113 Å². The Balaban J connectivity index is 0.000000172. The number of halogens is 1. The molecule has 6 aromatic rings. The van der Waals surface area contributed by atoms with Crippen LogP contribution in [0.1, 0.15) is 25.7 Å². The van der Waals surface area contributed by atoms with Crippen molar-refractivity contribution in [2.75, 3.05) is 88.5 Å².